The average molecular weight is 307 g/mol. The van der Waals surface area contributed by atoms with Crippen LogP contribution >= 0.6 is 11.3 Å². The van der Waals surface area contributed by atoms with E-state index in [-0.39, 0.29) is 11.7 Å². The molecule has 0 spiro atoms. The van der Waals surface area contributed by atoms with Crippen LogP contribution in [0.1, 0.15) is 23.5 Å². The third kappa shape index (κ3) is 5.23. The highest BCUT2D eigenvalue weighted by Crippen LogP contribution is 2.24. The highest BCUT2D eigenvalue weighted by Gasteiger charge is 2.15. The number of hydrogen-bond donors (Lipinski definition) is 1. The van der Waals surface area contributed by atoms with Crippen molar-refractivity contribution in [2.45, 2.75) is 18.8 Å². The Morgan fingerprint density at radius 2 is 2.14 bits per heavy atom. The summed E-state index contributed by atoms with van der Waals surface area (Å²) in [6.07, 6.45) is 1.92. The molecule has 114 valence electrons. The topological polar surface area (TPSA) is 21.3 Å². The van der Waals surface area contributed by atoms with Crippen molar-refractivity contribution >= 4 is 11.3 Å². The minimum absolute atomic E-state index is 0.110. The molecule has 4 heteroatoms. The maximum atomic E-state index is 14.0. The van der Waals surface area contributed by atoms with E-state index < -0.39 is 0 Å². The van der Waals surface area contributed by atoms with Crippen molar-refractivity contribution in [3.63, 3.8) is 0 Å². The molecule has 2 nitrogen and oxygen atoms in total. The summed E-state index contributed by atoms with van der Waals surface area (Å²) in [6.45, 7) is 2.24. The molecular weight excluding hydrogens is 285 g/mol. The van der Waals surface area contributed by atoms with E-state index >= 15 is 0 Å². The van der Waals surface area contributed by atoms with E-state index in [2.05, 4.69) is 22.1 Å². The number of thiophene rings is 1. The van der Waals surface area contributed by atoms with Crippen molar-refractivity contribution in [2.24, 2.45) is 0 Å². The monoisotopic (exact) mass is 307 g/mol. The van der Waals surface area contributed by atoms with Crippen molar-refractivity contribution in [3.8, 4) is 0 Å². The smallest absolute Gasteiger partial charge is 0.126 e. The molecule has 2 aromatic rings. The number of rotatable bonds is 9. The molecule has 0 aliphatic rings. The van der Waals surface area contributed by atoms with E-state index in [0.717, 1.165) is 31.5 Å². The molecule has 0 aliphatic heterocycles. The molecule has 0 bridgehead atoms. The Morgan fingerprint density at radius 1 is 1.29 bits per heavy atom. The van der Waals surface area contributed by atoms with Crippen molar-refractivity contribution in [1.29, 1.82) is 0 Å². The summed E-state index contributed by atoms with van der Waals surface area (Å²) in [4.78, 5) is 0. The van der Waals surface area contributed by atoms with E-state index in [9.17, 15) is 4.39 Å². The molecule has 1 N–H and O–H groups in total. The van der Waals surface area contributed by atoms with Crippen LogP contribution in [0, 0.1) is 5.82 Å². The first-order chi connectivity index (χ1) is 10.3. The molecule has 2 rings (SSSR count). The Morgan fingerprint density at radius 3 is 2.86 bits per heavy atom. The first-order valence-electron chi connectivity index (χ1n) is 7.26. The Labute approximate surface area is 130 Å². The van der Waals surface area contributed by atoms with Gasteiger partial charge in [0.15, 0.2) is 0 Å². The normalized spacial score (nSPS) is 12.5. The zero-order chi connectivity index (χ0) is 14.9. The summed E-state index contributed by atoms with van der Waals surface area (Å²) in [5, 5.41) is 7.60. The van der Waals surface area contributed by atoms with Gasteiger partial charge in [-0.2, -0.15) is 11.3 Å². The van der Waals surface area contributed by atoms with Crippen LogP contribution in [0.2, 0.25) is 0 Å². The van der Waals surface area contributed by atoms with Gasteiger partial charge in [-0.15, -0.1) is 0 Å². The zero-order valence-corrected chi connectivity index (χ0v) is 13.2. The minimum Gasteiger partial charge on any atom is -0.383 e. The summed E-state index contributed by atoms with van der Waals surface area (Å²) in [7, 11) is 1.69. The number of aryl methyl sites for hydroxylation is 1. The van der Waals surface area contributed by atoms with Crippen LogP contribution < -0.4 is 5.32 Å². The van der Waals surface area contributed by atoms with Gasteiger partial charge in [-0.25, -0.2) is 4.39 Å². The standard InChI is InChI=1S/C17H22FNOS/c1-20-10-9-19-12-15(7-6-14-8-11-21-13-14)16-4-2-3-5-17(16)18/h2-5,8,11,13,15,19H,6-7,9-10,12H2,1H3. The number of methoxy groups -OCH3 is 1. The molecule has 1 unspecified atom stereocenters. The second-order valence-corrected chi connectivity index (χ2v) is 5.87. The van der Waals surface area contributed by atoms with E-state index in [1.54, 1.807) is 30.6 Å². The number of hydrogen-bond acceptors (Lipinski definition) is 3. The fourth-order valence-corrected chi connectivity index (χ4v) is 3.10. The highest BCUT2D eigenvalue weighted by atomic mass is 32.1. The van der Waals surface area contributed by atoms with Gasteiger partial charge in [0.05, 0.1) is 6.61 Å². The lowest BCUT2D eigenvalue weighted by Gasteiger charge is -2.18. The Hall–Kier alpha value is -1.23. The summed E-state index contributed by atoms with van der Waals surface area (Å²) >= 11 is 1.71. The molecule has 1 aromatic carbocycles. The molecule has 0 radical (unpaired) electrons. The third-order valence-corrected chi connectivity index (χ3v) is 4.31. The fourth-order valence-electron chi connectivity index (χ4n) is 2.40. The van der Waals surface area contributed by atoms with Gasteiger partial charge in [0, 0.05) is 20.2 Å². The predicted molar refractivity (Wildman–Crippen MR) is 86.5 cm³/mol. The van der Waals surface area contributed by atoms with Crippen LogP contribution in [0.15, 0.2) is 41.1 Å². The molecule has 1 aromatic heterocycles. The van der Waals surface area contributed by atoms with Crippen LogP contribution in [-0.2, 0) is 11.2 Å². The van der Waals surface area contributed by atoms with Crippen molar-refractivity contribution < 1.29 is 9.13 Å². The number of benzene rings is 1. The molecule has 1 atom stereocenters. The van der Waals surface area contributed by atoms with Crippen molar-refractivity contribution in [2.75, 3.05) is 26.8 Å². The van der Waals surface area contributed by atoms with E-state index in [4.69, 9.17) is 4.74 Å². The van der Waals surface area contributed by atoms with E-state index in [1.165, 1.54) is 5.56 Å². The fraction of sp³-hybridized carbons (Fsp3) is 0.412. The van der Waals surface area contributed by atoms with Crippen LogP contribution in [-0.4, -0.2) is 26.8 Å². The third-order valence-electron chi connectivity index (χ3n) is 3.58. The lowest BCUT2D eigenvalue weighted by Crippen LogP contribution is -2.26. The molecule has 0 amide bonds. The summed E-state index contributed by atoms with van der Waals surface area (Å²) in [6, 6.07) is 9.23. The molecule has 0 saturated carbocycles. The molecule has 0 fully saturated rings. The van der Waals surface area contributed by atoms with Gasteiger partial charge in [-0.05, 0) is 52.8 Å². The SMILES string of the molecule is COCCNCC(CCc1ccsc1)c1ccccc1F. The maximum Gasteiger partial charge on any atom is 0.126 e. The summed E-state index contributed by atoms with van der Waals surface area (Å²) in [5.41, 5.74) is 2.14. The first kappa shape index (κ1) is 16.1. The van der Waals surface area contributed by atoms with Gasteiger partial charge in [0.1, 0.15) is 5.82 Å². The summed E-state index contributed by atoms with van der Waals surface area (Å²) < 4.78 is 19.1. The molecule has 0 aliphatic carbocycles. The largest absolute Gasteiger partial charge is 0.383 e. The molecular formula is C17H22FNOS. The van der Waals surface area contributed by atoms with Gasteiger partial charge in [0.25, 0.3) is 0 Å². The van der Waals surface area contributed by atoms with Crippen LogP contribution in [0.25, 0.3) is 0 Å². The number of nitrogens with one attached hydrogen (secondary N) is 1. The zero-order valence-electron chi connectivity index (χ0n) is 12.3. The highest BCUT2D eigenvalue weighted by molar-refractivity contribution is 7.07. The predicted octanol–water partition coefficient (Wildman–Crippen LogP) is 3.84. The number of ether oxygens (including phenoxy) is 1. The Bertz CT molecular complexity index is 515. The van der Waals surface area contributed by atoms with Crippen LogP contribution in [0.4, 0.5) is 4.39 Å². The first-order valence-corrected chi connectivity index (χ1v) is 8.20. The lowest BCUT2D eigenvalue weighted by atomic mass is 9.92. The average Bonchev–Trinajstić information content (AvgIpc) is 3.01. The number of halogens is 1. The lowest BCUT2D eigenvalue weighted by molar-refractivity contribution is 0.198. The molecule has 0 saturated heterocycles. The van der Waals surface area contributed by atoms with Gasteiger partial charge < -0.3 is 10.1 Å². The van der Waals surface area contributed by atoms with Gasteiger partial charge in [-0.1, -0.05) is 18.2 Å². The van der Waals surface area contributed by atoms with Crippen LogP contribution in [0.3, 0.4) is 0 Å². The Kier molecular flexibility index (Phi) is 6.86. The van der Waals surface area contributed by atoms with Gasteiger partial charge >= 0.3 is 0 Å². The van der Waals surface area contributed by atoms with Crippen molar-refractivity contribution in [1.82, 2.24) is 5.32 Å². The van der Waals surface area contributed by atoms with Crippen molar-refractivity contribution in [3.05, 3.63) is 58.0 Å². The molecule has 1 heterocycles. The van der Waals surface area contributed by atoms with Crippen LogP contribution in [0.5, 0.6) is 0 Å². The summed E-state index contributed by atoms with van der Waals surface area (Å²) in [5.74, 6) is 0.0734. The minimum atomic E-state index is -0.110. The Balaban J connectivity index is 1.97. The van der Waals surface area contributed by atoms with E-state index in [0.29, 0.717) is 6.61 Å². The molecule has 21 heavy (non-hydrogen) atoms. The second-order valence-electron chi connectivity index (χ2n) is 5.09. The second kappa shape index (κ2) is 8.93. The van der Waals surface area contributed by atoms with Gasteiger partial charge in [0.2, 0.25) is 0 Å². The maximum absolute atomic E-state index is 14.0. The van der Waals surface area contributed by atoms with E-state index in [1.807, 2.05) is 12.1 Å². The van der Waals surface area contributed by atoms with Gasteiger partial charge in [-0.3, -0.25) is 0 Å². The quantitative estimate of drug-likeness (QED) is 0.711.